The number of aliphatic imine (C=N–C) groups is 1. The Labute approximate surface area is 160 Å². The lowest BCUT2D eigenvalue weighted by Crippen LogP contribution is -2.28. The van der Waals surface area contributed by atoms with Gasteiger partial charge in [0.25, 0.3) is 6.02 Å². The van der Waals surface area contributed by atoms with Gasteiger partial charge in [-0.3, -0.25) is 4.98 Å². The molecule has 1 aliphatic heterocycles. The van der Waals surface area contributed by atoms with Crippen LogP contribution in [0.25, 0.3) is 11.1 Å². The van der Waals surface area contributed by atoms with E-state index >= 15 is 0 Å². The summed E-state index contributed by atoms with van der Waals surface area (Å²) in [7, 11) is 0. The van der Waals surface area contributed by atoms with Crippen LogP contribution < -0.4 is 5.32 Å². The molecule has 1 amide bonds. The Morgan fingerprint density at radius 3 is 2.57 bits per heavy atom. The van der Waals surface area contributed by atoms with E-state index in [0.29, 0.717) is 5.56 Å². The second-order valence-electron chi connectivity index (χ2n) is 6.33. The summed E-state index contributed by atoms with van der Waals surface area (Å²) in [5.74, 6) is -0.366. The molecule has 6 nitrogen and oxygen atoms in total. The van der Waals surface area contributed by atoms with Gasteiger partial charge >= 0.3 is 6.09 Å². The third-order valence-electron chi connectivity index (χ3n) is 4.58. The minimum Gasteiger partial charge on any atom is -0.465 e. The van der Waals surface area contributed by atoms with Crippen molar-refractivity contribution in [2.24, 2.45) is 4.99 Å². The number of halogens is 1. The highest BCUT2D eigenvalue weighted by molar-refractivity contribution is 5.91. The molecule has 0 fully saturated rings. The highest BCUT2D eigenvalue weighted by Crippen LogP contribution is 2.39. The van der Waals surface area contributed by atoms with Crippen molar-refractivity contribution in [1.82, 2.24) is 10.3 Å². The third kappa shape index (κ3) is 3.29. The van der Waals surface area contributed by atoms with Crippen LogP contribution in [0.3, 0.4) is 0 Å². The molecule has 0 bridgehead atoms. The largest absolute Gasteiger partial charge is 0.465 e. The summed E-state index contributed by atoms with van der Waals surface area (Å²) in [5, 5.41) is 11.1. The van der Waals surface area contributed by atoms with Crippen molar-refractivity contribution in [3.8, 4) is 11.1 Å². The van der Waals surface area contributed by atoms with E-state index in [1.54, 1.807) is 24.5 Å². The molecule has 0 aliphatic carbocycles. The number of carboxylic acid groups (broad SMARTS) is 1. The molecule has 7 heteroatoms. The van der Waals surface area contributed by atoms with E-state index in [1.165, 1.54) is 12.1 Å². The normalized spacial score (nSPS) is 18.2. The number of rotatable bonds is 3. The first-order chi connectivity index (χ1) is 13.6. The number of amides is 1. The molecule has 28 heavy (non-hydrogen) atoms. The van der Waals surface area contributed by atoms with Gasteiger partial charge in [0.15, 0.2) is 5.54 Å². The summed E-state index contributed by atoms with van der Waals surface area (Å²) >= 11 is 0. The molecule has 1 atom stereocenters. The summed E-state index contributed by atoms with van der Waals surface area (Å²) in [6.07, 6.45) is 2.19. The monoisotopic (exact) mass is 377 g/mol. The Bertz CT molecular complexity index is 1040. The van der Waals surface area contributed by atoms with Gasteiger partial charge in [0.05, 0.1) is 0 Å². The molecule has 1 unspecified atom stereocenters. The second kappa shape index (κ2) is 7.11. The van der Waals surface area contributed by atoms with Crippen LogP contribution in [-0.2, 0) is 10.3 Å². The minimum atomic E-state index is -1.27. The van der Waals surface area contributed by atoms with Gasteiger partial charge in [-0.05, 0) is 46.5 Å². The number of carbonyl (C=O) groups is 1. The molecule has 1 aliphatic rings. The van der Waals surface area contributed by atoms with Gasteiger partial charge in [-0.1, -0.05) is 36.4 Å². The molecule has 3 aromatic rings. The molecular formula is C21H16FN3O3. The fraction of sp³-hybridized carbons (Fsp3) is 0.0952. The minimum absolute atomic E-state index is 0.0880. The molecule has 2 heterocycles. The Morgan fingerprint density at radius 2 is 1.86 bits per heavy atom. The van der Waals surface area contributed by atoms with Gasteiger partial charge in [0.2, 0.25) is 0 Å². The van der Waals surface area contributed by atoms with Crippen molar-refractivity contribution >= 4 is 12.1 Å². The summed E-state index contributed by atoms with van der Waals surface area (Å²) < 4.78 is 19.0. The number of amidine groups is 1. The van der Waals surface area contributed by atoms with Gasteiger partial charge < -0.3 is 9.84 Å². The van der Waals surface area contributed by atoms with E-state index in [2.05, 4.69) is 15.3 Å². The van der Waals surface area contributed by atoms with E-state index in [4.69, 9.17) is 9.84 Å². The van der Waals surface area contributed by atoms with E-state index in [0.717, 1.165) is 16.7 Å². The van der Waals surface area contributed by atoms with E-state index in [-0.39, 0.29) is 18.4 Å². The molecule has 0 spiro atoms. The SMILES string of the molecule is O=C(O)NC1=NC(c2ccc(F)cc2)(c2cccc(-c3cccnc3)c2)CO1. The molecule has 4 rings (SSSR count). The molecule has 0 saturated carbocycles. The second-order valence-corrected chi connectivity index (χ2v) is 6.33. The average molecular weight is 377 g/mol. The lowest BCUT2D eigenvalue weighted by Gasteiger charge is -2.25. The standard InChI is InChI=1S/C21H16FN3O3/c22-18-8-6-16(7-9-18)21(13-28-19(25-21)24-20(26)27)17-5-1-3-14(11-17)15-4-2-10-23-12-15/h1-12H,13H2,(H,24,25)(H,26,27). The fourth-order valence-electron chi connectivity index (χ4n) is 3.24. The maximum absolute atomic E-state index is 13.5. The summed E-state index contributed by atoms with van der Waals surface area (Å²) in [6, 6.07) is 17.3. The highest BCUT2D eigenvalue weighted by atomic mass is 19.1. The zero-order chi connectivity index (χ0) is 19.6. The Balaban J connectivity index is 1.84. The van der Waals surface area contributed by atoms with Gasteiger partial charge in [-0.15, -0.1) is 0 Å². The van der Waals surface area contributed by atoms with Gasteiger partial charge in [0.1, 0.15) is 12.4 Å². The summed E-state index contributed by atoms with van der Waals surface area (Å²) in [6.45, 7) is 0.0880. The van der Waals surface area contributed by atoms with Gasteiger partial charge in [-0.25, -0.2) is 19.5 Å². The molecule has 0 radical (unpaired) electrons. The first-order valence-corrected chi connectivity index (χ1v) is 8.56. The molecular weight excluding hydrogens is 361 g/mol. The highest BCUT2D eigenvalue weighted by Gasteiger charge is 2.41. The van der Waals surface area contributed by atoms with Crippen LogP contribution in [0.15, 0.2) is 78.0 Å². The smallest absolute Gasteiger partial charge is 0.412 e. The molecule has 2 N–H and O–H groups in total. The van der Waals surface area contributed by atoms with Crippen molar-refractivity contribution in [3.05, 3.63) is 90.0 Å². The van der Waals surface area contributed by atoms with E-state index in [1.807, 2.05) is 36.4 Å². The van der Waals surface area contributed by atoms with Crippen LogP contribution >= 0.6 is 0 Å². The van der Waals surface area contributed by atoms with Crippen LogP contribution in [0.5, 0.6) is 0 Å². The summed E-state index contributed by atoms with van der Waals surface area (Å²) in [5.41, 5.74) is 2.36. The number of hydrogen-bond acceptors (Lipinski definition) is 4. The topological polar surface area (TPSA) is 83.8 Å². The van der Waals surface area contributed by atoms with Crippen LogP contribution in [-0.4, -0.2) is 28.8 Å². The number of pyridine rings is 1. The third-order valence-corrected chi connectivity index (χ3v) is 4.58. The van der Waals surface area contributed by atoms with Crippen molar-refractivity contribution in [3.63, 3.8) is 0 Å². The van der Waals surface area contributed by atoms with Crippen LogP contribution in [0, 0.1) is 5.82 Å². The van der Waals surface area contributed by atoms with Crippen molar-refractivity contribution < 1.29 is 19.0 Å². The number of hydrogen-bond donors (Lipinski definition) is 2. The number of ether oxygens (including phenoxy) is 1. The maximum atomic E-state index is 13.5. The average Bonchev–Trinajstić information content (AvgIpc) is 3.13. The first-order valence-electron chi connectivity index (χ1n) is 8.56. The quantitative estimate of drug-likeness (QED) is 0.727. The molecule has 140 valence electrons. The predicted octanol–water partition coefficient (Wildman–Crippen LogP) is 3.79. The fourth-order valence-corrected chi connectivity index (χ4v) is 3.24. The molecule has 0 saturated heterocycles. The number of nitrogens with zero attached hydrogens (tertiary/aromatic N) is 2. The van der Waals surface area contributed by atoms with Crippen LogP contribution in [0.1, 0.15) is 11.1 Å². The van der Waals surface area contributed by atoms with Gasteiger partial charge in [0, 0.05) is 12.4 Å². The van der Waals surface area contributed by atoms with Crippen LogP contribution in [0.4, 0.5) is 9.18 Å². The number of aromatic nitrogens is 1. The Morgan fingerprint density at radius 1 is 1.07 bits per heavy atom. The molecule has 2 aromatic carbocycles. The van der Waals surface area contributed by atoms with E-state index < -0.39 is 11.6 Å². The Kier molecular flexibility index (Phi) is 4.49. The first kappa shape index (κ1) is 17.7. The molecule has 1 aromatic heterocycles. The predicted molar refractivity (Wildman–Crippen MR) is 101 cm³/mol. The zero-order valence-electron chi connectivity index (χ0n) is 14.7. The van der Waals surface area contributed by atoms with Crippen LogP contribution in [0.2, 0.25) is 0 Å². The lowest BCUT2D eigenvalue weighted by molar-refractivity contribution is 0.195. The lowest BCUT2D eigenvalue weighted by atomic mass is 9.83. The number of benzene rings is 2. The Hall–Kier alpha value is -3.74. The van der Waals surface area contributed by atoms with Gasteiger partial charge in [-0.2, -0.15) is 0 Å². The number of nitrogens with one attached hydrogen (secondary N) is 1. The maximum Gasteiger partial charge on any atom is 0.412 e. The van der Waals surface area contributed by atoms with Crippen molar-refractivity contribution in [2.75, 3.05) is 6.61 Å². The van der Waals surface area contributed by atoms with E-state index in [9.17, 15) is 9.18 Å². The van der Waals surface area contributed by atoms with Crippen molar-refractivity contribution in [2.45, 2.75) is 5.54 Å². The zero-order valence-corrected chi connectivity index (χ0v) is 14.7. The summed E-state index contributed by atoms with van der Waals surface area (Å²) in [4.78, 5) is 19.7. The van der Waals surface area contributed by atoms with Crippen molar-refractivity contribution in [1.29, 1.82) is 0 Å².